The Morgan fingerprint density at radius 2 is 1.13 bits per heavy atom. The number of imide groups is 1. The summed E-state index contributed by atoms with van der Waals surface area (Å²) in [5.41, 5.74) is 7.76. The van der Waals surface area contributed by atoms with E-state index in [4.69, 9.17) is 0 Å². The summed E-state index contributed by atoms with van der Waals surface area (Å²) in [4.78, 5) is 37.4. The normalized spacial score (nSPS) is 25.1. The van der Waals surface area contributed by atoms with Gasteiger partial charge in [0, 0.05) is 24.0 Å². The van der Waals surface area contributed by atoms with Crippen LogP contribution in [0, 0.1) is 22.0 Å². The third kappa shape index (κ3) is 2.34. The Morgan fingerprint density at radius 3 is 1.52 bits per heavy atom. The summed E-state index contributed by atoms with van der Waals surface area (Å²) >= 11 is 0. The number of nitro benzene ring substituents is 1. The molecule has 31 heavy (non-hydrogen) atoms. The molecule has 2 unspecified atom stereocenters. The van der Waals surface area contributed by atoms with Gasteiger partial charge in [-0.05, 0) is 34.4 Å². The first kappa shape index (κ1) is 17.8. The second-order valence-corrected chi connectivity index (χ2v) is 8.19. The van der Waals surface area contributed by atoms with Crippen LogP contribution in [0.15, 0.2) is 72.8 Å². The Bertz CT molecular complexity index is 1150. The molecule has 2 amide bonds. The molecule has 3 aliphatic carbocycles. The van der Waals surface area contributed by atoms with Crippen molar-refractivity contribution in [3.05, 3.63) is 105 Å². The van der Waals surface area contributed by atoms with Gasteiger partial charge in [0.1, 0.15) is 0 Å². The maximum atomic E-state index is 13.5. The maximum absolute atomic E-state index is 13.5. The van der Waals surface area contributed by atoms with Crippen LogP contribution in [0.1, 0.15) is 34.1 Å². The van der Waals surface area contributed by atoms with Gasteiger partial charge in [-0.25, -0.2) is 0 Å². The Morgan fingerprint density at radius 1 is 0.710 bits per heavy atom. The quantitative estimate of drug-likeness (QED) is 0.402. The van der Waals surface area contributed by atoms with Crippen LogP contribution in [-0.4, -0.2) is 21.7 Å². The fraction of sp³-hybridized carbons (Fsp3) is 0.167. The smallest absolute Gasteiger partial charge is 0.269 e. The molecule has 1 aliphatic heterocycles. The first-order valence-electron chi connectivity index (χ1n) is 10.1. The number of hydrazine groups is 1. The van der Waals surface area contributed by atoms with Crippen molar-refractivity contribution >= 4 is 23.2 Å². The van der Waals surface area contributed by atoms with Crippen LogP contribution in [0.5, 0.6) is 0 Å². The van der Waals surface area contributed by atoms with Crippen LogP contribution < -0.4 is 5.43 Å². The highest BCUT2D eigenvalue weighted by Crippen LogP contribution is 2.60. The highest BCUT2D eigenvalue weighted by Gasteiger charge is 2.61. The van der Waals surface area contributed by atoms with Crippen molar-refractivity contribution in [3.63, 3.8) is 0 Å². The topological polar surface area (TPSA) is 92.6 Å². The van der Waals surface area contributed by atoms with E-state index in [1.807, 2.05) is 24.3 Å². The molecule has 4 aliphatic rings. The fourth-order valence-corrected chi connectivity index (χ4v) is 5.57. The second-order valence-electron chi connectivity index (χ2n) is 8.19. The van der Waals surface area contributed by atoms with E-state index in [0.29, 0.717) is 5.69 Å². The van der Waals surface area contributed by atoms with Gasteiger partial charge in [0.05, 0.1) is 22.4 Å². The van der Waals surface area contributed by atoms with Crippen molar-refractivity contribution in [1.29, 1.82) is 0 Å². The van der Waals surface area contributed by atoms with Crippen LogP contribution in [0.2, 0.25) is 0 Å². The van der Waals surface area contributed by atoms with E-state index in [-0.39, 0.29) is 29.3 Å². The van der Waals surface area contributed by atoms with Gasteiger partial charge in [0.2, 0.25) is 0 Å². The number of nitrogens with zero attached hydrogens (tertiary/aromatic N) is 2. The Hall–Kier alpha value is -4.00. The number of anilines is 1. The lowest BCUT2D eigenvalue weighted by Crippen LogP contribution is -2.41. The second kappa shape index (κ2) is 6.25. The monoisotopic (exact) mass is 411 g/mol. The van der Waals surface area contributed by atoms with Gasteiger partial charge >= 0.3 is 0 Å². The Labute approximate surface area is 177 Å². The third-order valence-corrected chi connectivity index (χ3v) is 6.77. The van der Waals surface area contributed by atoms with Crippen molar-refractivity contribution in [1.82, 2.24) is 5.01 Å². The van der Waals surface area contributed by atoms with Crippen LogP contribution in [0.4, 0.5) is 11.4 Å². The zero-order valence-corrected chi connectivity index (χ0v) is 16.3. The van der Waals surface area contributed by atoms with Crippen molar-refractivity contribution in [2.45, 2.75) is 11.8 Å². The van der Waals surface area contributed by atoms with Crippen LogP contribution in [-0.2, 0) is 9.59 Å². The Kier molecular flexibility index (Phi) is 3.59. The summed E-state index contributed by atoms with van der Waals surface area (Å²) in [6.45, 7) is 0. The van der Waals surface area contributed by atoms with Crippen LogP contribution >= 0.6 is 0 Å². The number of nitrogens with one attached hydrogen (secondary N) is 1. The SMILES string of the molecule is O=C1C2C3c4ccccc4C(c4ccccc43)C2C(=O)N1Nc1ccc([N+](=O)[O-])cc1. The lowest BCUT2D eigenvalue weighted by molar-refractivity contribution is -0.384. The van der Waals surface area contributed by atoms with E-state index in [2.05, 4.69) is 29.7 Å². The molecule has 0 radical (unpaired) electrons. The van der Waals surface area contributed by atoms with Gasteiger partial charge in [0.15, 0.2) is 0 Å². The average Bonchev–Trinajstić information content (AvgIpc) is 3.05. The lowest BCUT2D eigenvalue weighted by Gasteiger charge is -2.45. The van der Waals surface area contributed by atoms with Crippen molar-refractivity contribution in [3.8, 4) is 0 Å². The minimum Gasteiger partial charge on any atom is -0.289 e. The van der Waals surface area contributed by atoms with E-state index in [0.717, 1.165) is 27.3 Å². The number of rotatable bonds is 3. The molecule has 1 fully saturated rings. The molecule has 7 nitrogen and oxygen atoms in total. The summed E-state index contributed by atoms with van der Waals surface area (Å²) in [6, 6.07) is 21.8. The molecule has 1 N–H and O–H groups in total. The molecule has 0 spiro atoms. The largest absolute Gasteiger partial charge is 0.289 e. The standard InChI is InChI=1S/C24H17N3O4/c28-23-21-19-15-5-1-2-6-16(15)20(18-8-4-3-7-17(18)19)22(21)24(29)26(23)25-13-9-11-14(12-10-13)27(30)31/h1-12,19-22,25H. The summed E-state index contributed by atoms with van der Waals surface area (Å²) in [5, 5.41) is 12.0. The van der Waals surface area contributed by atoms with Crippen molar-refractivity contribution in [2.75, 3.05) is 5.43 Å². The van der Waals surface area contributed by atoms with Gasteiger partial charge in [-0.1, -0.05) is 48.5 Å². The minimum atomic E-state index is -0.489. The first-order valence-corrected chi connectivity index (χ1v) is 10.1. The van der Waals surface area contributed by atoms with Crippen LogP contribution in [0.25, 0.3) is 0 Å². The summed E-state index contributed by atoms with van der Waals surface area (Å²) in [6.07, 6.45) is 0. The maximum Gasteiger partial charge on any atom is 0.269 e. The van der Waals surface area contributed by atoms with Crippen molar-refractivity contribution in [2.24, 2.45) is 11.8 Å². The summed E-state index contributed by atoms with van der Waals surface area (Å²) in [7, 11) is 0. The molecule has 2 bridgehead atoms. The zero-order valence-electron chi connectivity index (χ0n) is 16.3. The van der Waals surface area contributed by atoms with E-state index in [9.17, 15) is 19.7 Å². The molecule has 0 aromatic heterocycles. The number of amides is 2. The number of hydrogen-bond donors (Lipinski definition) is 1. The highest BCUT2D eigenvalue weighted by atomic mass is 16.6. The third-order valence-electron chi connectivity index (χ3n) is 6.77. The molecule has 1 heterocycles. The van der Waals surface area contributed by atoms with Gasteiger partial charge in [-0.2, -0.15) is 5.01 Å². The summed E-state index contributed by atoms with van der Waals surface area (Å²) in [5.74, 6) is -1.77. The molecule has 7 heteroatoms. The predicted octanol–water partition coefficient (Wildman–Crippen LogP) is 3.81. The number of hydrogen-bond acceptors (Lipinski definition) is 5. The fourth-order valence-electron chi connectivity index (χ4n) is 5.57. The predicted molar refractivity (Wildman–Crippen MR) is 112 cm³/mol. The van der Waals surface area contributed by atoms with Gasteiger partial charge in [-0.3, -0.25) is 25.1 Å². The molecule has 152 valence electrons. The molecular weight excluding hydrogens is 394 g/mol. The highest BCUT2D eigenvalue weighted by molar-refractivity contribution is 6.08. The van der Waals surface area contributed by atoms with Gasteiger partial charge in [0.25, 0.3) is 17.5 Å². The van der Waals surface area contributed by atoms with Gasteiger partial charge < -0.3 is 0 Å². The van der Waals surface area contributed by atoms with Crippen molar-refractivity contribution < 1.29 is 14.5 Å². The number of carbonyl (C=O) groups excluding carboxylic acids is 2. The Balaban J connectivity index is 1.42. The lowest BCUT2D eigenvalue weighted by atomic mass is 9.55. The van der Waals surface area contributed by atoms with E-state index < -0.39 is 16.8 Å². The van der Waals surface area contributed by atoms with E-state index >= 15 is 0 Å². The first-order chi connectivity index (χ1) is 15.1. The van der Waals surface area contributed by atoms with E-state index in [1.54, 1.807) is 0 Å². The van der Waals surface area contributed by atoms with E-state index in [1.165, 1.54) is 24.3 Å². The van der Waals surface area contributed by atoms with Gasteiger partial charge in [-0.15, -0.1) is 0 Å². The number of carbonyl (C=O) groups is 2. The molecule has 2 atom stereocenters. The molecule has 7 rings (SSSR count). The zero-order chi connectivity index (χ0) is 21.3. The molecule has 3 aromatic carbocycles. The minimum absolute atomic E-state index is 0.0535. The molecular formula is C24H17N3O4. The average molecular weight is 411 g/mol. The number of non-ortho nitro benzene ring substituents is 1. The molecule has 3 aromatic rings. The van der Waals surface area contributed by atoms with Crippen LogP contribution in [0.3, 0.4) is 0 Å². The summed E-state index contributed by atoms with van der Waals surface area (Å²) < 4.78 is 0. The number of benzene rings is 3. The molecule has 1 saturated heterocycles. The number of nitro groups is 1. The molecule has 0 saturated carbocycles.